The van der Waals surface area contributed by atoms with Crippen molar-refractivity contribution in [1.82, 2.24) is 5.32 Å². The molecule has 1 N–H and O–H groups in total. The van der Waals surface area contributed by atoms with Gasteiger partial charge in [-0.3, -0.25) is 0 Å². The molecule has 0 saturated heterocycles. The average Bonchev–Trinajstić information content (AvgIpc) is 2.38. The maximum Gasteiger partial charge on any atom is 0.161 e. The second-order valence-electron chi connectivity index (χ2n) is 5.32. The SMILES string of the molecule is COc1ccccc1OC(C)CCCNCC(C)C. The predicted molar refractivity (Wildman–Crippen MR) is 80.0 cm³/mol. The van der Waals surface area contributed by atoms with E-state index >= 15 is 0 Å². The van der Waals surface area contributed by atoms with Crippen molar-refractivity contribution in [3.8, 4) is 11.5 Å². The van der Waals surface area contributed by atoms with Crippen LogP contribution in [0.4, 0.5) is 0 Å². The minimum Gasteiger partial charge on any atom is -0.493 e. The minimum atomic E-state index is 0.206. The highest BCUT2D eigenvalue weighted by Crippen LogP contribution is 2.27. The fourth-order valence-electron chi connectivity index (χ4n) is 1.90. The van der Waals surface area contributed by atoms with Gasteiger partial charge in [-0.05, 0) is 50.9 Å². The molecule has 1 aromatic carbocycles. The van der Waals surface area contributed by atoms with Gasteiger partial charge in [-0.15, -0.1) is 0 Å². The zero-order valence-corrected chi connectivity index (χ0v) is 12.6. The third kappa shape index (κ3) is 6.48. The number of benzene rings is 1. The molecular weight excluding hydrogens is 238 g/mol. The first-order chi connectivity index (χ1) is 9.13. The van der Waals surface area contributed by atoms with E-state index in [9.17, 15) is 0 Å². The Morgan fingerprint density at radius 3 is 2.42 bits per heavy atom. The lowest BCUT2D eigenvalue weighted by molar-refractivity contribution is 0.198. The zero-order valence-electron chi connectivity index (χ0n) is 12.6. The number of hydrogen-bond donors (Lipinski definition) is 1. The van der Waals surface area contributed by atoms with Crippen LogP contribution in [0.1, 0.15) is 33.6 Å². The van der Waals surface area contributed by atoms with Crippen LogP contribution in [-0.2, 0) is 0 Å². The third-order valence-corrected chi connectivity index (χ3v) is 2.91. The number of para-hydroxylation sites is 2. The molecule has 108 valence electrons. The van der Waals surface area contributed by atoms with Gasteiger partial charge in [-0.25, -0.2) is 0 Å². The number of methoxy groups -OCH3 is 1. The van der Waals surface area contributed by atoms with Crippen molar-refractivity contribution < 1.29 is 9.47 Å². The summed E-state index contributed by atoms with van der Waals surface area (Å²) in [5.74, 6) is 2.34. The maximum absolute atomic E-state index is 5.91. The number of rotatable bonds is 9. The highest BCUT2D eigenvalue weighted by atomic mass is 16.5. The van der Waals surface area contributed by atoms with E-state index in [1.165, 1.54) is 0 Å². The summed E-state index contributed by atoms with van der Waals surface area (Å²) >= 11 is 0. The van der Waals surface area contributed by atoms with E-state index in [1.807, 2.05) is 24.3 Å². The summed E-state index contributed by atoms with van der Waals surface area (Å²) in [7, 11) is 1.67. The van der Waals surface area contributed by atoms with Crippen molar-refractivity contribution >= 4 is 0 Å². The van der Waals surface area contributed by atoms with Crippen LogP contribution >= 0.6 is 0 Å². The maximum atomic E-state index is 5.91. The van der Waals surface area contributed by atoms with E-state index in [1.54, 1.807) is 7.11 Å². The predicted octanol–water partition coefficient (Wildman–Crippen LogP) is 3.49. The number of ether oxygens (including phenoxy) is 2. The molecule has 0 aliphatic rings. The normalized spacial score (nSPS) is 12.5. The monoisotopic (exact) mass is 265 g/mol. The third-order valence-electron chi connectivity index (χ3n) is 2.91. The molecule has 1 rings (SSSR count). The lowest BCUT2D eigenvalue weighted by Crippen LogP contribution is -2.22. The van der Waals surface area contributed by atoms with Crippen molar-refractivity contribution in [1.29, 1.82) is 0 Å². The smallest absolute Gasteiger partial charge is 0.161 e. The fourth-order valence-corrected chi connectivity index (χ4v) is 1.90. The lowest BCUT2D eigenvalue weighted by atomic mass is 10.2. The molecule has 0 amide bonds. The molecule has 1 atom stereocenters. The molecule has 0 aromatic heterocycles. The molecule has 3 nitrogen and oxygen atoms in total. The Morgan fingerprint density at radius 1 is 1.11 bits per heavy atom. The van der Waals surface area contributed by atoms with Gasteiger partial charge in [-0.1, -0.05) is 26.0 Å². The van der Waals surface area contributed by atoms with Gasteiger partial charge in [-0.2, -0.15) is 0 Å². The molecule has 19 heavy (non-hydrogen) atoms. The number of nitrogens with one attached hydrogen (secondary N) is 1. The Kier molecular flexibility index (Phi) is 7.34. The molecule has 0 spiro atoms. The summed E-state index contributed by atoms with van der Waals surface area (Å²) < 4.78 is 11.2. The standard InChI is InChI=1S/C16H27NO2/c1-13(2)12-17-11-7-8-14(3)19-16-10-6-5-9-15(16)18-4/h5-6,9-10,13-14,17H,7-8,11-12H2,1-4H3. The van der Waals surface area contributed by atoms with E-state index < -0.39 is 0 Å². The molecule has 1 unspecified atom stereocenters. The van der Waals surface area contributed by atoms with Gasteiger partial charge in [0, 0.05) is 0 Å². The van der Waals surface area contributed by atoms with E-state index in [4.69, 9.17) is 9.47 Å². The van der Waals surface area contributed by atoms with Crippen LogP contribution in [-0.4, -0.2) is 26.3 Å². The van der Waals surface area contributed by atoms with E-state index in [2.05, 4.69) is 26.1 Å². The van der Waals surface area contributed by atoms with Gasteiger partial charge in [0.05, 0.1) is 13.2 Å². The van der Waals surface area contributed by atoms with Gasteiger partial charge in [0.1, 0.15) is 0 Å². The van der Waals surface area contributed by atoms with Crippen LogP contribution in [0.3, 0.4) is 0 Å². The Balaban J connectivity index is 2.25. The van der Waals surface area contributed by atoms with Gasteiger partial charge in [0.15, 0.2) is 11.5 Å². The fraction of sp³-hybridized carbons (Fsp3) is 0.625. The first kappa shape index (κ1) is 15.8. The molecule has 0 aliphatic carbocycles. The van der Waals surface area contributed by atoms with Crippen molar-refractivity contribution in [3.05, 3.63) is 24.3 Å². The Hall–Kier alpha value is -1.22. The summed E-state index contributed by atoms with van der Waals surface area (Å²) in [6.45, 7) is 8.69. The van der Waals surface area contributed by atoms with E-state index in [0.29, 0.717) is 5.92 Å². The van der Waals surface area contributed by atoms with Crippen molar-refractivity contribution in [2.75, 3.05) is 20.2 Å². The quantitative estimate of drug-likeness (QED) is 0.693. The molecule has 0 radical (unpaired) electrons. The first-order valence-corrected chi connectivity index (χ1v) is 7.14. The van der Waals surface area contributed by atoms with Crippen LogP contribution < -0.4 is 14.8 Å². The van der Waals surface area contributed by atoms with Gasteiger partial charge in [0.25, 0.3) is 0 Å². The molecule has 0 fully saturated rings. The van der Waals surface area contributed by atoms with Crippen molar-refractivity contribution in [2.45, 2.75) is 39.7 Å². The van der Waals surface area contributed by atoms with E-state index in [-0.39, 0.29) is 6.10 Å². The Morgan fingerprint density at radius 2 is 1.79 bits per heavy atom. The molecule has 3 heteroatoms. The van der Waals surface area contributed by atoms with Crippen LogP contribution in [0.15, 0.2) is 24.3 Å². The van der Waals surface area contributed by atoms with Crippen LogP contribution in [0.25, 0.3) is 0 Å². The molecule has 0 saturated carbocycles. The largest absolute Gasteiger partial charge is 0.493 e. The van der Waals surface area contributed by atoms with Gasteiger partial charge in [0.2, 0.25) is 0 Å². The first-order valence-electron chi connectivity index (χ1n) is 7.14. The van der Waals surface area contributed by atoms with Crippen LogP contribution in [0.2, 0.25) is 0 Å². The second-order valence-corrected chi connectivity index (χ2v) is 5.32. The average molecular weight is 265 g/mol. The zero-order chi connectivity index (χ0) is 14.1. The molecule has 1 aromatic rings. The highest BCUT2D eigenvalue weighted by Gasteiger charge is 2.08. The Bertz CT molecular complexity index is 352. The van der Waals surface area contributed by atoms with Crippen molar-refractivity contribution in [2.24, 2.45) is 5.92 Å². The Labute approximate surface area is 117 Å². The molecule has 0 bridgehead atoms. The van der Waals surface area contributed by atoms with Gasteiger partial charge >= 0.3 is 0 Å². The summed E-state index contributed by atoms with van der Waals surface area (Å²) in [6.07, 6.45) is 2.38. The topological polar surface area (TPSA) is 30.5 Å². The number of hydrogen-bond acceptors (Lipinski definition) is 3. The molecular formula is C16H27NO2. The van der Waals surface area contributed by atoms with Crippen molar-refractivity contribution in [3.63, 3.8) is 0 Å². The molecule has 0 aliphatic heterocycles. The highest BCUT2D eigenvalue weighted by molar-refractivity contribution is 5.39. The molecule has 0 heterocycles. The summed E-state index contributed by atoms with van der Waals surface area (Å²) in [5, 5.41) is 3.45. The van der Waals surface area contributed by atoms with Crippen LogP contribution in [0.5, 0.6) is 11.5 Å². The van der Waals surface area contributed by atoms with E-state index in [0.717, 1.165) is 37.4 Å². The second kappa shape index (κ2) is 8.81. The summed E-state index contributed by atoms with van der Waals surface area (Å²) in [6, 6.07) is 7.79. The summed E-state index contributed by atoms with van der Waals surface area (Å²) in [5.41, 5.74) is 0. The minimum absolute atomic E-state index is 0.206. The lowest BCUT2D eigenvalue weighted by Gasteiger charge is -2.17. The summed E-state index contributed by atoms with van der Waals surface area (Å²) in [4.78, 5) is 0. The van der Waals surface area contributed by atoms with Gasteiger partial charge < -0.3 is 14.8 Å². The van der Waals surface area contributed by atoms with Crippen LogP contribution in [0, 0.1) is 5.92 Å².